The van der Waals surface area contributed by atoms with Crippen molar-refractivity contribution >= 4 is 35.1 Å². The van der Waals surface area contributed by atoms with Gasteiger partial charge in [0.1, 0.15) is 23.2 Å². The van der Waals surface area contributed by atoms with E-state index in [0.29, 0.717) is 55.9 Å². The number of esters is 1. The van der Waals surface area contributed by atoms with Gasteiger partial charge in [-0.25, -0.2) is 0 Å². The first-order chi connectivity index (χ1) is 18.4. The second kappa shape index (κ2) is 10.8. The van der Waals surface area contributed by atoms with Gasteiger partial charge in [0.2, 0.25) is 5.91 Å². The molecule has 2 amide bonds. The van der Waals surface area contributed by atoms with Crippen molar-refractivity contribution < 1.29 is 29.0 Å². The first-order valence-electron chi connectivity index (χ1n) is 13.6. The maximum absolute atomic E-state index is 14.4. The zero-order valence-corrected chi connectivity index (χ0v) is 22.4. The number of rotatable bonds is 7. The molecule has 5 rings (SSSR count). The monoisotopic (exact) mass is 542 g/mol. The van der Waals surface area contributed by atoms with Crippen LogP contribution in [-0.4, -0.2) is 71.3 Å². The molecule has 1 N–H and O–H groups in total. The van der Waals surface area contributed by atoms with Crippen molar-refractivity contribution in [2.75, 3.05) is 31.2 Å². The molecule has 2 saturated heterocycles. The summed E-state index contributed by atoms with van der Waals surface area (Å²) < 4.78 is 12.6. The molecule has 1 unspecified atom stereocenters. The third kappa shape index (κ3) is 4.36. The van der Waals surface area contributed by atoms with E-state index < -0.39 is 35.0 Å². The maximum Gasteiger partial charge on any atom is 0.313 e. The van der Waals surface area contributed by atoms with Crippen LogP contribution in [0.1, 0.15) is 45.4 Å². The first kappa shape index (κ1) is 26.9. The lowest BCUT2D eigenvalue weighted by molar-refractivity contribution is -0.159. The number of hydrogen-bond donors (Lipinski definition) is 1. The van der Waals surface area contributed by atoms with Crippen molar-refractivity contribution in [3.05, 3.63) is 53.6 Å². The molecule has 0 aliphatic carbocycles. The van der Waals surface area contributed by atoms with Gasteiger partial charge in [-0.3, -0.25) is 14.4 Å². The molecule has 1 aromatic carbocycles. The minimum atomic E-state index is -1.31. The lowest BCUT2D eigenvalue weighted by atomic mass is 9.73. The SMILES string of the molecule is CC[C@]12/C=C\CCCOC(=O)[C@H]1[C@H]1C(=O)N(CCCCCO)C3C(=O)N(c4ccc(Cl)cc4)CC=C[C@@]31O2. The van der Waals surface area contributed by atoms with Gasteiger partial charge in [0.15, 0.2) is 0 Å². The number of cyclic esters (lactones) is 1. The molecule has 1 aromatic rings. The molecule has 1 spiro atoms. The Morgan fingerprint density at radius 3 is 2.55 bits per heavy atom. The Hall–Kier alpha value is -2.68. The van der Waals surface area contributed by atoms with Crippen molar-refractivity contribution in [3.8, 4) is 0 Å². The average Bonchev–Trinajstić information content (AvgIpc) is 3.28. The number of likely N-dealkylation sites (tertiary alicyclic amines) is 1. The molecule has 9 heteroatoms. The van der Waals surface area contributed by atoms with Crippen molar-refractivity contribution in [2.24, 2.45) is 11.8 Å². The fourth-order valence-electron chi connectivity index (χ4n) is 6.54. The topological polar surface area (TPSA) is 96.4 Å². The van der Waals surface area contributed by atoms with Crippen LogP contribution < -0.4 is 4.90 Å². The van der Waals surface area contributed by atoms with Crippen LogP contribution in [0, 0.1) is 11.8 Å². The Morgan fingerprint density at radius 1 is 1.03 bits per heavy atom. The van der Waals surface area contributed by atoms with Gasteiger partial charge < -0.3 is 24.4 Å². The van der Waals surface area contributed by atoms with Gasteiger partial charge in [-0.05, 0) is 62.8 Å². The summed E-state index contributed by atoms with van der Waals surface area (Å²) in [4.78, 5) is 45.4. The van der Waals surface area contributed by atoms with Gasteiger partial charge in [0.05, 0.1) is 12.5 Å². The Bertz CT molecular complexity index is 1140. The zero-order chi connectivity index (χ0) is 26.9. The van der Waals surface area contributed by atoms with Crippen molar-refractivity contribution in [3.63, 3.8) is 0 Å². The standard InChI is InChI=1S/C29H35ClN2O6/c1-2-28-14-5-3-8-19-37-27(36)23(28)22-25(34)32(16-6-4-7-18-33)24-26(35)31(17-9-15-29(22,24)38-28)21-12-10-20(30)11-13-21/h5,9-15,22-24,33H,2-4,6-8,16-19H2,1H3/b14-5-/t22-,23+,24?,28-,29-/m0/s1. The summed E-state index contributed by atoms with van der Waals surface area (Å²) in [6.07, 6.45) is 11.5. The highest BCUT2D eigenvalue weighted by Gasteiger charge is 2.75. The third-order valence-electron chi connectivity index (χ3n) is 8.33. The Labute approximate surface area is 228 Å². The number of hydrogen-bond acceptors (Lipinski definition) is 6. The minimum absolute atomic E-state index is 0.0678. The van der Waals surface area contributed by atoms with Crippen molar-refractivity contribution in [2.45, 2.75) is 62.7 Å². The fourth-order valence-corrected chi connectivity index (χ4v) is 6.66. The van der Waals surface area contributed by atoms with Crippen LogP contribution in [0.5, 0.6) is 0 Å². The van der Waals surface area contributed by atoms with E-state index in [-0.39, 0.29) is 25.0 Å². The largest absolute Gasteiger partial charge is 0.465 e. The number of aliphatic hydroxyl groups excluding tert-OH is 1. The number of carbonyl (C=O) groups excluding carboxylic acids is 3. The van der Waals surface area contributed by atoms with Crippen LogP contribution in [0.15, 0.2) is 48.6 Å². The van der Waals surface area contributed by atoms with Gasteiger partial charge in [0.25, 0.3) is 5.91 Å². The summed E-state index contributed by atoms with van der Waals surface area (Å²) in [7, 11) is 0. The summed E-state index contributed by atoms with van der Waals surface area (Å²) in [5.41, 5.74) is -1.69. The number of anilines is 1. The summed E-state index contributed by atoms with van der Waals surface area (Å²) in [5, 5.41) is 9.80. The number of allylic oxidation sites excluding steroid dienone is 1. The second-order valence-electron chi connectivity index (χ2n) is 10.5. The Balaban J connectivity index is 1.61. The molecule has 2 fully saturated rings. The Kier molecular flexibility index (Phi) is 7.67. The van der Waals surface area contributed by atoms with Crippen LogP contribution >= 0.6 is 11.6 Å². The number of carbonyl (C=O) groups is 3. The minimum Gasteiger partial charge on any atom is -0.465 e. The molecule has 0 saturated carbocycles. The van der Waals surface area contributed by atoms with Crippen LogP contribution in [0.4, 0.5) is 5.69 Å². The quantitative estimate of drug-likeness (QED) is 0.321. The second-order valence-corrected chi connectivity index (χ2v) is 10.9. The number of benzene rings is 1. The van der Waals surface area contributed by atoms with Gasteiger partial charge in [-0.15, -0.1) is 0 Å². The zero-order valence-electron chi connectivity index (χ0n) is 21.7. The number of amides is 2. The first-order valence-corrected chi connectivity index (χ1v) is 14.0. The highest BCUT2D eigenvalue weighted by molar-refractivity contribution is 6.30. The lowest BCUT2D eigenvalue weighted by Crippen LogP contribution is -2.56. The van der Waals surface area contributed by atoms with Gasteiger partial charge in [-0.1, -0.05) is 42.8 Å². The number of fused-ring (bicyclic) bond motifs is 2. The van der Waals surface area contributed by atoms with E-state index >= 15 is 0 Å². The molecule has 0 radical (unpaired) electrons. The van der Waals surface area contributed by atoms with Gasteiger partial charge in [-0.2, -0.15) is 0 Å². The van der Waals surface area contributed by atoms with Crippen molar-refractivity contribution in [1.29, 1.82) is 0 Å². The molecule has 204 valence electrons. The van der Waals surface area contributed by atoms with E-state index in [1.807, 2.05) is 31.2 Å². The molecule has 38 heavy (non-hydrogen) atoms. The molecule has 8 nitrogen and oxygen atoms in total. The summed E-state index contributed by atoms with van der Waals surface area (Å²) in [6, 6.07) is 6.09. The Morgan fingerprint density at radius 2 is 1.82 bits per heavy atom. The number of ether oxygens (including phenoxy) is 2. The third-order valence-corrected chi connectivity index (χ3v) is 8.58. The molecular formula is C29H35ClN2O6. The summed E-state index contributed by atoms with van der Waals surface area (Å²) in [5.74, 6) is -2.72. The van der Waals surface area contributed by atoms with Crippen LogP contribution in [0.25, 0.3) is 0 Å². The number of nitrogens with zero attached hydrogens (tertiary/aromatic N) is 2. The average molecular weight is 543 g/mol. The van der Waals surface area contributed by atoms with Crippen LogP contribution in [0.3, 0.4) is 0 Å². The van der Waals surface area contributed by atoms with E-state index in [1.54, 1.807) is 34.1 Å². The fraction of sp³-hybridized carbons (Fsp3) is 0.552. The van der Waals surface area contributed by atoms with E-state index in [1.165, 1.54) is 0 Å². The smallest absolute Gasteiger partial charge is 0.313 e. The molecule has 4 aliphatic heterocycles. The number of unbranched alkanes of at least 4 members (excludes halogenated alkanes) is 2. The number of halogens is 1. The summed E-state index contributed by atoms with van der Waals surface area (Å²) >= 11 is 6.10. The van der Waals surface area contributed by atoms with Crippen LogP contribution in [0.2, 0.25) is 5.02 Å². The summed E-state index contributed by atoms with van der Waals surface area (Å²) in [6.45, 7) is 2.91. The molecule has 4 heterocycles. The predicted molar refractivity (Wildman–Crippen MR) is 143 cm³/mol. The maximum atomic E-state index is 14.4. The molecule has 0 aromatic heterocycles. The molecule has 0 bridgehead atoms. The predicted octanol–water partition coefficient (Wildman–Crippen LogP) is 3.66. The van der Waals surface area contributed by atoms with Crippen LogP contribution in [-0.2, 0) is 23.9 Å². The van der Waals surface area contributed by atoms with E-state index in [2.05, 4.69) is 0 Å². The highest BCUT2D eigenvalue weighted by atomic mass is 35.5. The highest BCUT2D eigenvalue weighted by Crippen LogP contribution is 2.58. The van der Waals surface area contributed by atoms with Gasteiger partial charge >= 0.3 is 5.97 Å². The van der Waals surface area contributed by atoms with E-state index in [4.69, 9.17) is 21.1 Å². The normalized spacial score (nSPS) is 33.6. The van der Waals surface area contributed by atoms with Crippen molar-refractivity contribution in [1.82, 2.24) is 4.90 Å². The molecule has 4 aliphatic rings. The van der Waals surface area contributed by atoms with E-state index in [0.717, 1.165) is 6.42 Å². The molecule has 5 atom stereocenters. The molecular weight excluding hydrogens is 508 g/mol. The van der Waals surface area contributed by atoms with Gasteiger partial charge in [0, 0.05) is 30.4 Å². The lowest BCUT2D eigenvalue weighted by Gasteiger charge is -2.38. The van der Waals surface area contributed by atoms with E-state index in [9.17, 15) is 19.5 Å². The number of aliphatic hydroxyl groups is 1.